The highest BCUT2D eigenvalue weighted by atomic mass is 19.1. The number of benzene rings is 1. The summed E-state index contributed by atoms with van der Waals surface area (Å²) >= 11 is 0. The van der Waals surface area contributed by atoms with Gasteiger partial charge in [0, 0.05) is 5.56 Å². The van der Waals surface area contributed by atoms with E-state index in [0.29, 0.717) is 5.84 Å². The van der Waals surface area contributed by atoms with Gasteiger partial charge in [0.2, 0.25) is 0 Å². The molecular weight excluding hydrogens is 174 g/mol. The second kappa shape index (κ2) is 3.98. The van der Waals surface area contributed by atoms with E-state index in [1.807, 2.05) is 0 Å². The average Bonchev–Trinajstić information content (AvgIpc) is 2.06. The standard InChI is InChI=1S/C9H10F2N2/c1-6(12)13-5-7-4-8(10)2-3-9(7)11/h2-4H,5H2,1H3,(H2,12,13). The molecule has 2 N–H and O–H groups in total. The third-order valence-corrected chi connectivity index (χ3v) is 1.51. The number of amidine groups is 1. The third-order valence-electron chi connectivity index (χ3n) is 1.51. The number of hydrogen-bond donors (Lipinski definition) is 1. The molecule has 0 saturated carbocycles. The van der Waals surface area contributed by atoms with Gasteiger partial charge in [0.1, 0.15) is 11.6 Å². The van der Waals surface area contributed by atoms with Crippen molar-refractivity contribution in [3.63, 3.8) is 0 Å². The van der Waals surface area contributed by atoms with Gasteiger partial charge in [-0.3, -0.25) is 4.99 Å². The van der Waals surface area contributed by atoms with Crippen LogP contribution < -0.4 is 5.73 Å². The van der Waals surface area contributed by atoms with Crippen molar-refractivity contribution in [1.29, 1.82) is 0 Å². The highest BCUT2D eigenvalue weighted by molar-refractivity contribution is 5.77. The number of nitrogens with zero attached hydrogens (tertiary/aromatic N) is 1. The quantitative estimate of drug-likeness (QED) is 0.552. The van der Waals surface area contributed by atoms with Gasteiger partial charge >= 0.3 is 0 Å². The van der Waals surface area contributed by atoms with E-state index in [4.69, 9.17) is 5.73 Å². The smallest absolute Gasteiger partial charge is 0.128 e. The maximum absolute atomic E-state index is 12.9. The van der Waals surface area contributed by atoms with E-state index in [-0.39, 0.29) is 12.1 Å². The van der Waals surface area contributed by atoms with Gasteiger partial charge in [-0.05, 0) is 25.1 Å². The van der Waals surface area contributed by atoms with Crippen molar-refractivity contribution in [2.45, 2.75) is 13.5 Å². The molecule has 2 nitrogen and oxygen atoms in total. The maximum Gasteiger partial charge on any atom is 0.128 e. The molecule has 4 heteroatoms. The Balaban J connectivity index is 2.87. The molecule has 13 heavy (non-hydrogen) atoms. The predicted octanol–water partition coefficient (Wildman–Crippen LogP) is 1.84. The van der Waals surface area contributed by atoms with Crippen LogP contribution in [0.15, 0.2) is 23.2 Å². The van der Waals surface area contributed by atoms with Crippen molar-refractivity contribution in [3.05, 3.63) is 35.4 Å². The van der Waals surface area contributed by atoms with Crippen molar-refractivity contribution < 1.29 is 8.78 Å². The van der Waals surface area contributed by atoms with Crippen LogP contribution in [0.25, 0.3) is 0 Å². The van der Waals surface area contributed by atoms with Gasteiger partial charge in [-0.2, -0.15) is 0 Å². The van der Waals surface area contributed by atoms with E-state index in [1.165, 1.54) is 0 Å². The minimum Gasteiger partial charge on any atom is -0.388 e. The SMILES string of the molecule is CC(N)=NCc1cc(F)ccc1F. The Morgan fingerprint density at radius 3 is 2.77 bits per heavy atom. The van der Waals surface area contributed by atoms with Crippen LogP contribution in [0.1, 0.15) is 12.5 Å². The van der Waals surface area contributed by atoms with E-state index in [2.05, 4.69) is 4.99 Å². The Bertz CT molecular complexity index is 330. The second-order valence-electron chi connectivity index (χ2n) is 2.69. The fraction of sp³-hybridized carbons (Fsp3) is 0.222. The van der Waals surface area contributed by atoms with Crippen molar-refractivity contribution in [2.75, 3.05) is 0 Å². The van der Waals surface area contributed by atoms with Crippen LogP contribution in [0, 0.1) is 11.6 Å². The van der Waals surface area contributed by atoms with Crippen LogP contribution in [-0.2, 0) is 6.54 Å². The molecule has 0 aliphatic carbocycles. The first-order valence-corrected chi connectivity index (χ1v) is 3.80. The molecule has 0 radical (unpaired) electrons. The molecule has 0 aliphatic rings. The molecule has 1 aromatic carbocycles. The Labute approximate surface area is 75.1 Å². The number of nitrogens with two attached hydrogens (primary N) is 1. The predicted molar refractivity (Wildman–Crippen MR) is 47.4 cm³/mol. The van der Waals surface area contributed by atoms with E-state index >= 15 is 0 Å². The van der Waals surface area contributed by atoms with Crippen LogP contribution >= 0.6 is 0 Å². The Kier molecular flexibility index (Phi) is 2.95. The first-order chi connectivity index (χ1) is 6.09. The van der Waals surface area contributed by atoms with E-state index < -0.39 is 11.6 Å². The molecule has 0 atom stereocenters. The Hall–Kier alpha value is -1.45. The summed E-state index contributed by atoms with van der Waals surface area (Å²) in [5.41, 5.74) is 5.47. The fourth-order valence-corrected chi connectivity index (χ4v) is 0.874. The molecule has 0 amide bonds. The lowest BCUT2D eigenvalue weighted by Crippen LogP contribution is -2.05. The average molecular weight is 184 g/mol. The van der Waals surface area contributed by atoms with Gasteiger partial charge in [-0.15, -0.1) is 0 Å². The van der Waals surface area contributed by atoms with Gasteiger partial charge in [0.25, 0.3) is 0 Å². The Morgan fingerprint density at radius 1 is 1.46 bits per heavy atom. The van der Waals surface area contributed by atoms with Crippen LogP contribution in [-0.4, -0.2) is 5.84 Å². The normalized spacial score (nSPS) is 11.8. The molecule has 0 heterocycles. The lowest BCUT2D eigenvalue weighted by molar-refractivity contribution is 0.586. The molecule has 0 spiro atoms. The van der Waals surface area contributed by atoms with Crippen LogP contribution in [0.5, 0.6) is 0 Å². The molecule has 0 bridgehead atoms. The number of halogens is 2. The number of hydrogen-bond acceptors (Lipinski definition) is 1. The second-order valence-corrected chi connectivity index (χ2v) is 2.69. The lowest BCUT2D eigenvalue weighted by Gasteiger charge is -1.99. The zero-order valence-corrected chi connectivity index (χ0v) is 7.22. The summed E-state index contributed by atoms with van der Waals surface area (Å²) < 4.78 is 25.6. The van der Waals surface area contributed by atoms with Crippen molar-refractivity contribution in [3.8, 4) is 0 Å². The van der Waals surface area contributed by atoms with E-state index in [9.17, 15) is 8.78 Å². The molecule has 1 rings (SSSR count). The Morgan fingerprint density at radius 2 is 2.15 bits per heavy atom. The molecule has 0 aliphatic heterocycles. The van der Waals surface area contributed by atoms with Gasteiger partial charge < -0.3 is 5.73 Å². The summed E-state index contributed by atoms with van der Waals surface area (Å²) in [6.07, 6.45) is 0. The highest BCUT2D eigenvalue weighted by Gasteiger charge is 2.02. The zero-order chi connectivity index (χ0) is 9.84. The van der Waals surface area contributed by atoms with Crippen LogP contribution in [0.2, 0.25) is 0 Å². The summed E-state index contributed by atoms with van der Waals surface area (Å²) in [5.74, 6) is -0.587. The molecule has 70 valence electrons. The minimum absolute atomic E-state index is 0.0753. The molecule has 0 saturated heterocycles. The summed E-state index contributed by atoms with van der Waals surface area (Å²) in [6.45, 7) is 1.67. The van der Waals surface area contributed by atoms with Gasteiger partial charge in [0.15, 0.2) is 0 Å². The zero-order valence-electron chi connectivity index (χ0n) is 7.22. The van der Waals surface area contributed by atoms with Crippen LogP contribution in [0.3, 0.4) is 0 Å². The molecule has 1 aromatic rings. The fourth-order valence-electron chi connectivity index (χ4n) is 0.874. The minimum atomic E-state index is -0.471. The summed E-state index contributed by atoms with van der Waals surface area (Å²) in [6, 6.07) is 3.26. The first kappa shape index (κ1) is 9.64. The van der Waals surface area contributed by atoms with Crippen LogP contribution in [0.4, 0.5) is 8.78 Å². The van der Waals surface area contributed by atoms with Gasteiger partial charge in [-0.1, -0.05) is 0 Å². The van der Waals surface area contributed by atoms with Gasteiger partial charge in [0.05, 0.1) is 12.4 Å². The van der Waals surface area contributed by atoms with Crippen molar-refractivity contribution >= 4 is 5.84 Å². The molecule has 0 aromatic heterocycles. The summed E-state index contributed by atoms with van der Waals surface area (Å²) in [7, 11) is 0. The van der Waals surface area contributed by atoms with E-state index in [0.717, 1.165) is 18.2 Å². The topological polar surface area (TPSA) is 38.4 Å². The van der Waals surface area contributed by atoms with Gasteiger partial charge in [-0.25, -0.2) is 8.78 Å². The molecule has 0 unspecified atom stereocenters. The summed E-state index contributed by atoms with van der Waals surface area (Å²) in [5, 5.41) is 0. The highest BCUT2D eigenvalue weighted by Crippen LogP contribution is 2.10. The summed E-state index contributed by atoms with van der Waals surface area (Å²) in [4.78, 5) is 3.78. The molecule has 0 fully saturated rings. The van der Waals surface area contributed by atoms with Crippen molar-refractivity contribution in [2.24, 2.45) is 10.7 Å². The van der Waals surface area contributed by atoms with E-state index in [1.54, 1.807) is 6.92 Å². The number of rotatable bonds is 2. The first-order valence-electron chi connectivity index (χ1n) is 3.80. The largest absolute Gasteiger partial charge is 0.388 e. The molecular formula is C9H10F2N2. The van der Waals surface area contributed by atoms with Crippen molar-refractivity contribution in [1.82, 2.24) is 0 Å². The monoisotopic (exact) mass is 184 g/mol. The maximum atomic E-state index is 12.9. The number of aliphatic imine (C=N–C) groups is 1. The third kappa shape index (κ3) is 2.82. The lowest BCUT2D eigenvalue weighted by atomic mass is 10.2.